The first kappa shape index (κ1) is 16.5. The third kappa shape index (κ3) is 3.27. The molecule has 6 nitrogen and oxygen atoms in total. The van der Waals surface area contributed by atoms with Gasteiger partial charge in [-0.2, -0.15) is 0 Å². The summed E-state index contributed by atoms with van der Waals surface area (Å²) in [6.07, 6.45) is 4.14. The molecule has 3 aliphatic rings. The van der Waals surface area contributed by atoms with Crippen molar-refractivity contribution in [2.75, 3.05) is 39.8 Å². The van der Waals surface area contributed by atoms with Gasteiger partial charge in [0.15, 0.2) is 0 Å². The number of pyridine rings is 1. The molecule has 3 aliphatic heterocycles. The molecule has 0 aliphatic carbocycles. The van der Waals surface area contributed by atoms with Gasteiger partial charge in [-0.1, -0.05) is 6.07 Å². The quantitative estimate of drug-likeness (QED) is 0.821. The number of likely N-dealkylation sites (N-methyl/N-ethyl adjacent to an activating group) is 1. The summed E-state index contributed by atoms with van der Waals surface area (Å²) >= 11 is 0. The summed E-state index contributed by atoms with van der Waals surface area (Å²) in [6, 6.07) is 6.34. The lowest BCUT2D eigenvalue weighted by Crippen LogP contribution is -2.58. The molecule has 1 aromatic rings. The van der Waals surface area contributed by atoms with Gasteiger partial charge in [-0.3, -0.25) is 14.6 Å². The van der Waals surface area contributed by atoms with Gasteiger partial charge in [0, 0.05) is 57.0 Å². The normalized spacial score (nSPS) is 26.1. The summed E-state index contributed by atoms with van der Waals surface area (Å²) in [7, 11) is 2.06. The van der Waals surface area contributed by atoms with Crippen LogP contribution in [0.3, 0.4) is 0 Å². The van der Waals surface area contributed by atoms with E-state index < -0.39 is 0 Å². The molecular formula is C19H26N4O2. The molecule has 0 N–H and O–H groups in total. The molecular weight excluding hydrogens is 316 g/mol. The Morgan fingerprint density at radius 2 is 1.92 bits per heavy atom. The average Bonchev–Trinajstić information content (AvgIpc) is 3.00. The maximum absolute atomic E-state index is 12.8. The van der Waals surface area contributed by atoms with E-state index >= 15 is 0 Å². The van der Waals surface area contributed by atoms with Crippen molar-refractivity contribution < 1.29 is 9.59 Å². The van der Waals surface area contributed by atoms with Crippen molar-refractivity contribution in [1.29, 1.82) is 0 Å². The molecule has 1 unspecified atom stereocenters. The summed E-state index contributed by atoms with van der Waals surface area (Å²) in [6.45, 7) is 4.02. The van der Waals surface area contributed by atoms with Crippen LogP contribution in [0.4, 0.5) is 0 Å². The lowest BCUT2D eigenvalue weighted by molar-refractivity contribution is -0.136. The number of rotatable bonds is 3. The Kier molecular flexibility index (Phi) is 4.46. The number of carbonyl (C=O) groups excluding carboxylic acids is 2. The Hall–Kier alpha value is -1.95. The first-order chi connectivity index (χ1) is 12.1. The molecule has 3 fully saturated rings. The van der Waals surface area contributed by atoms with E-state index in [1.807, 2.05) is 28.1 Å². The van der Waals surface area contributed by atoms with Crippen molar-refractivity contribution in [3.8, 4) is 0 Å². The molecule has 134 valence electrons. The molecule has 0 bridgehead atoms. The first-order valence-electron chi connectivity index (χ1n) is 9.29. The van der Waals surface area contributed by atoms with Crippen LogP contribution in [0.5, 0.6) is 0 Å². The number of nitrogens with zero attached hydrogens (tertiary/aromatic N) is 4. The van der Waals surface area contributed by atoms with Crippen LogP contribution in [0.15, 0.2) is 24.4 Å². The highest BCUT2D eigenvalue weighted by molar-refractivity contribution is 5.89. The van der Waals surface area contributed by atoms with E-state index in [1.54, 1.807) is 0 Å². The predicted octanol–water partition coefficient (Wildman–Crippen LogP) is 0.950. The first-order valence-corrected chi connectivity index (χ1v) is 9.29. The minimum absolute atomic E-state index is 0.148. The molecule has 0 radical (unpaired) electrons. The number of amides is 2. The Morgan fingerprint density at radius 3 is 2.56 bits per heavy atom. The zero-order valence-corrected chi connectivity index (χ0v) is 14.8. The average molecular weight is 342 g/mol. The molecule has 2 amide bonds. The van der Waals surface area contributed by atoms with Gasteiger partial charge in [0.25, 0.3) is 0 Å². The van der Waals surface area contributed by atoms with Crippen molar-refractivity contribution in [2.45, 2.75) is 31.2 Å². The Bertz CT molecular complexity index is 636. The van der Waals surface area contributed by atoms with E-state index in [4.69, 9.17) is 0 Å². The summed E-state index contributed by atoms with van der Waals surface area (Å²) in [5, 5.41) is 0. The molecule has 6 heteroatoms. The van der Waals surface area contributed by atoms with Gasteiger partial charge in [0.05, 0.1) is 12.0 Å². The predicted molar refractivity (Wildman–Crippen MR) is 93.9 cm³/mol. The fourth-order valence-electron chi connectivity index (χ4n) is 4.38. The van der Waals surface area contributed by atoms with Gasteiger partial charge in [-0.15, -0.1) is 0 Å². The monoisotopic (exact) mass is 342 g/mol. The third-order valence-electron chi connectivity index (χ3n) is 5.91. The van der Waals surface area contributed by atoms with E-state index in [1.165, 1.54) is 0 Å². The van der Waals surface area contributed by atoms with Gasteiger partial charge in [0.1, 0.15) is 0 Å². The van der Waals surface area contributed by atoms with Gasteiger partial charge < -0.3 is 14.7 Å². The number of carbonyl (C=O) groups is 2. The standard InChI is InChI=1S/C19H26N4O2/c1-21-12-16(13-21)23-11-15(10-18(23)24)19(25)22-8-5-14(6-9-22)17-4-2-3-7-20-17/h2-4,7,14-16H,5-6,8-13H2,1H3. The molecule has 0 aromatic carbocycles. The topological polar surface area (TPSA) is 56.8 Å². The molecule has 0 spiro atoms. The van der Waals surface area contributed by atoms with Crippen LogP contribution in [0.2, 0.25) is 0 Å². The lowest BCUT2D eigenvalue weighted by Gasteiger charge is -2.42. The summed E-state index contributed by atoms with van der Waals surface area (Å²) in [4.78, 5) is 35.7. The van der Waals surface area contributed by atoms with Crippen molar-refractivity contribution in [3.63, 3.8) is 0 Å². The zero-order valence-electron chi connectivity index (χ0n) is 14.8. The summed E-state index contributed by atoms with van der Waals surface area (Å²) in [5.41, 5.74) is 1.13. The van der Waals surface area contributed by atoms with Crippen LogP contribution in [-0.4, -0.2) is 77.3 Å². The second-order valence-corrected chi connectivity index (χ2v) is 7.68. The number of hydrogen-bond acceptors (Lipinski definition) is 4. The highest BCUT2D eigenvalue weighted by atomic mass is 16.2. The van der Waals surface area contributed by atoms with Crippen LogP contribution in [0, 0.1) is 5.92 Å². The lowest BCUT2D eigenvalue weighted by atomic mass is 9.92. The number of aromatic nitrogens is 1. The van der Waals surface area contributed by atoms with Crippen LogP contribution in [-0.2, 0) is 9.59 Å². The van der Waals surface area contributed by atoms with Crippen LogP contribution in [0.25, 0.3) is 0 Å². The molecule has 0 saturated carbocycles. The number of hydrogen-bond donors (Lipinski definition) is 0. The van der Waals surface area contributed by atoms with Crippen molar-refractivity contribution >= 4 is 11.8 Å². The van der Waals surface area contributed by atoms with Crippen LogP contribution >= 0.6 is 0 Å². The fourth-order valence-corrected chi connectivity index (χ4v) is 4.38. The van der Waals surface area contributed by atoms with Gasteiger partial charge in [0.2, 0.25) is 11.8 Å². The number of likely N-dealkylation sites (tertiary alicyclic amines) is 3. The number of piperidine rings is 1. The third-order valence-corrected chi connectivity index (χ3v) is 5.91. The van der Waals surface area contributed by atoms with Crippen LogP contribution in [0.1, 0.15) is 30.9 Å². The van der Waals surface area contributed by atoms with Crippen LogP contribution < -0.4 is 0 Å². The second kappa shape index (κ2) is 6.75. The Morgan fingerprint density at radius 1 is 1.16 bits per heavy atom. The van der Waals surface area contributed by atoms with E-state index in [-0.39, 0.29) is 17.7 Å². The van der Waals surface area contributed by atoms with Gasteiger partial charge >= 0.3 is 0 Å². The summed E-state index contributed by atoms with van der Waals surface area (Å²) < 4.78 is 0. The van der Waals surface area contributed by atoms with Crippen molar-refractivity contribution in [2.24, 2.45) is 5.92 Å². The second-order valence-electron chi connectivity index (χ2n) is 7.68. The van der Waals surface area contributed by atoms with Crippen molar-refractivity contribution in [3.05, 3.63) is 30.1 Å². The van der Waals surface area contributed by atoms with E-state index in [0.717, 1.165) is 44.7 Å². The van der Waals surface area contributed by atoms with E-state index in [0.29, 0.717) is 24.9 Å². The highest BCUT2D eigenvalue weighted by Crippen LogP contribution is 2.30. The maximum atomic E-state index is 12.8. The molecule has 1 atom stereocenters. The minimum Gasteiger partial charge on any atom is -0.342 e. The molecule has 1 aromatic heterocycles. The molecule has 3 saturated heterocycles. The van der Waals surface area contributed by atoms with Gasteiger partial charge in [-0.25, -0.2) is 0 Å². The fraction of sp³-hybridized carbons (Fsp3) is 0.632. The van der Waals surface area contributed by atoms with E-state index in [9.17, 15) is 9.59 Å². The SMILES string of the molecule is CN1CC(N2CC(C(=O)N3CCC(c4ccccn4)CC3)CC2=O)C1. The minimum atomic E-state index is -0.148. The maximum Gasteiger partial charge on any atom is 0.227 e. The summed E-state index contributed by atoms with van der Waals surface area (Å²) in [5.74, 6) is 0.616. The van der Waals surface area contributed by atoms with Crippen molar-refractivity contribution in [1.82, 2.24) is 19.7 Å². The smallest absolute Gasteiger partial charge is 0.227 e. The Labute approximate surface area is 148 Å². The molecule has 4 heterocycles. The Balaban J connectivity index is 1.31. The largest absolute Gasteiger partial charge is 0.342 e. The zero-order chi connectivity index (χ0) is 17.4. The molecule has 4 rings (SSSR count). The molecule has 25 heavy (non-hydrogen) atoms. The van der Waals surface area contributed by atoms with Gasteiger partial charge in [-0.05, 0) is 32.0 Å². The highest BCUT2D eigenvalue weighted by Gasteiger charge is 2.42. The van der Waals surface area contributed by atoms with E-state index in [2.05, 4.69) is 23.0 Å².